The molecule has 0 aliphatic rings. The second kappa shape index (κ2) is 6.57. The third-order valence-electron chi connectivity index (χ3n) is 1.10. The van der Waals surface area contributed by atoms with E-state index in [2.05, 4.69) is 4.98 Å². The number of carbonyl (C=O) groups excluding carboxylic acids is 1. The van der Waals surface area contributed by atoms with E-state index in [-0.39, 0.29) is 30.2 Å². The second-order valence-electron chi connectivity index (χ2n) is 2.00. The van der Waals surface area contributed by atoms with Gasteiger partial charge in [0.2, 0.25) is 5.91 Å². The van der Waals surface area contributed by atoms with Crippen LogP contribution in [-0.4, -0.2) is 16.4 Å². The van der Waals surface area contributed by atoms with Crippen molar-refractivity contribution in [2.45, 2.75) is 6.42 Å². The van der Waals surface area contributed by atoms with Crippen molar-refractivity contribution in [1.29, 1.82) is 0 Å². The predicted molar refractivity (Wildman–Crippen MR) is 48.0 cm³/mol. The number of nitrogens with two attached hydrogens (primary N) is 1. The van der Waals surface area contributed by atoms with Gasteiger partial charge in [-0.1, -0.05) is 6.07 Å². The molecule has 0 aliphatic carbocycles. The minimum Gasteiger partial charge on any atom is -0.412 e. The van der Waals surface area contributed by atoms with Crippen molar-refractivity contribution in [3.8, 4) is 0 Å². The van der Waals surface area contributed by atoms with Crippen molar-refractivity contribution >= 4 is 18.3 Å². The Bertz CT molecular complexity index is 228. The van der Waals surface area contributed by atoms with Gasteiger partial charge in [0.25, 0.3) is 0 Å². The molecule has 1 aromatic heterocycles. The van der Waals surface area contributed by atoms with Gasteiger partial charge < -0.3 is 11.2 Å². The number of primary amides is 1. The Labute approximate surface area is 76.5 Å². The molecule has 0 fully saturated rings. The number of halogens is 1. The first-order valence-corrected chi connectivity index (χ1v) is 2.96. The van der Waals surface area contributed by atoms with Crippen LogP contribution in [0.2, 0.25) is 0 Å². The van der Waals surface area contributed by atoms with Gasteiger partial charge in [0.05, 0.1) is 6.42 Å². The van der Waals surface area contributed by atoms with E-state index in [0.717, 1.165) is 5.56 Å². The third-order valence-corrected chi connectivity index (χ3v) is 1.10. The zero-order chi connectivity index (χ0) is 7.40. The fourth-order valence-electron chi connectivity index (χ4n) is 0.704. The lowest BCUT2D eigenvalue weighted by molar-refractivity contribution is -0.117. The molecule has 4 N–H and O–H groups in total. The van der Waals surface area contributed by atoms with Gasteiger partial charge in [-0.2, -0.15) is 0 Å². The summed E-state index contributed by atoms with van der Waals surface area (Å²) in [6, 6.07) is 3.59. The Morgan fingerprint density at radius 2 is 2.25 bits per heavy atom. The van der Waals surface area contributed by atoms with Crippen LogP contribution in [0.4, 0.5) is 0 Å². The van der Waals surface area contributed by atoms with E-state index < -0.39 is 0 Å². The summed E-state index contributed by atoms with van der Waals surface area (Å²) in [7, 11) is 0. The number of hydrogen-bond donors (Lipinski definition) is 1. The molecule has 0 radical (unpaired) electrons. The maximum atomic E-state index is 10.4. The van der Waals surface area contributed by atoms with Crippen LogP contribution in [0.5, 0.6) is 0 Å². The first kappa shape index (κ1) is 13.5. The molecule has 4 nitrogen and oxygen atoms in total. The molecule has 1 amide bonds. The molecule has 0 saturated carbocycles. The van der Waals surface area contributed by atoms with Crippen LogP contribution >= 0.6 is 12.4 Å². The Hall–Kier alpha value is -1.13. The molecule has 5 heteroatoms. The van der Waals surface area contributed by atoms with Crippen LogP contribution in [0.3, 0.4) is 0 Å². The van der Waals surface area contributed by atoms with E-state index >= 15 is 0 Å². The van der Waals surface area contributed by atoms with Crippen molar-refractivity contribution < 1.29 is 10.3 Å². The van der Waals surface area contributed by atoms with E-state index in [1.807, 2.05) is 6.07 Å². The van der Waals surface area contributed by atoms with Crippen LogP contribution in [0.25, 0.3) is 0 Å². The normalized spacial score (nSPS) is 7.67. The third kappa shape index (κ3) is 4.65. The van der Waals surface area contributed by atoms with E-state index in [9.17, 15) is 4.79 Å². The van der Waals surface area contributed by atoms with Gasteiger partial charge in [-0.3, -0.25) is 9.78 Å². The molecule has 1 rings (SSSR count). The van der Waals surface area contributed by atoms with Crippen LogP contribution in [0.15, 0.2) is 24.5 Å². The summed E-state index contributed by atoms with van der Waals surface area (Å²) < 4.78 is 0. The summed E-state index contributed by atoms with van der Waals surface area (Å²) in [5.41, 5.74) is 5.81. The van der Waals surface area contributed by atoms with Crippen molar-refractivity contribution in [2.75, 3.05) is 0 Å². The first-order valence-electron chi connectivity index (χ1n) is 2.96. The van der Waals surface area contributed by atoms with E-state index in [0.29, 0.717) is 0 Å². The maximum absolute atomic E-state index is 10.4. The molecule has 0 aromatic carbocycles. The largest absolute Gasteiger partial charge is 0.412 e. The highest BCUT2D eigenvalue weighted by Crippen LogP contribution is 1.94. The van der Waals surface area contributed by atoms with Gasteiger partial charge in [-0.15, -0.1) is 12.4 Å². The lowest BCUT2D eigenvalue weighted by Crippen LogP contribution is -2.13. The van der Waals surface area contributed by atoms with Gasteiger partial charge in [-0.25, -0.2) is 0 Å². The van der Waals surface area contributed by atoms with E-state index in [1.165, 1.54) is 0 Å². The lowest BCUT2D eigenvalue weighted by atomic mass is 10.2. The minimum atomic E-state index is -0.326. The average Bonchev–Trinajstić information content (AvgIpc) is 1.88. The lowest BCUT2D eigenvalue weighted by Gasteiger charge is -1.92. The number of nitrogens with zero attached hydrogens (tertiary/aromatic N) is 1. The molecule has 0 bridgehead atoms. The summed E-state index contributed by atoms with van der Waals surface area (Å²) in [6.45, 7) is 0. The summed E-state index contributed by atoms with van der Waals surface area (Å²) in [4.78, 5) is 14.2. The maximum Gasteiger partial charge on any atom is 0.221 e. The molecule has 1 heterocycles. The number of rotatable bonds is 2. The summed E-state index contributed by atoms with van der Waals surface area (Å²) >= 11 is 0. The molecular formula is C7H11ClN2O2. The fraction of sp³-hybridized carbons (Fsp3) is 0.143. The molecule has 0 saturated heterocycles. The highest BCUT2D eigenvalue weighted by atomic mass is 35.5. The zero-order valence-electron chi connectivity index (χ0n) is 6.36. The fourth-order valence-corrected chi connectivity index (χ4v) is 0.704. The zero-order valence-corrected chi connectivity index (χ0v) is 7.17. The highest BCUT2D eigenvalue weighted by molar-refractivity contribution is 5.85. The Morgan fingerprint density at radius 3 is 2.67 bits per heavy atom. The van der Waals surface area contributed by atoms with Gasteiger partial charge in [-0.05, 0) is 11.6 Å². The molecule has 0 aliphatic heterocycles. The predicted octanol–water partition coefficient (Wildman–Crippen LogP) is -0.293. The van der Waals surface area contributed by atoms with Crippen LogP contribution in [0, 0.1) is 0 Å². The van der Waals surface area contributed by atoms with Crippen molar-refractivity contribution in [1.82, 2.24) is 4.98 Å². The number of carbonyl (C=O) groups is 1. The summed E-state index contributed by atoms with van der Waals surface area (Å²) in [5, 5.41) is 0. The van der Waals surface area contributed by atoms with Gasteiger partial charge in [0.15, 0.2) is 0 Å². The smallest absolute Gasteiger partial charge is 0.221 e. The van der Waals surface area contributed by atoms with Gasteiger partial charge >= 0.3 is 0 Å². The Balaban J connectivity index is 0. The summed E-state index contributed by atoms with van der Waals surface area (Å²) in [5.74, 6) is -0.326. The number of aromatic nitrogens is 1. The second-order valence-corrected chi connectivity index (χ2v) is 2.00. The molecule has 0 unspecified atom stereocenters. The molecule has 0 spiro atoms. The van der Waals surface area contributed by atoms with Gasteiger partial charge in [0.1, 0.15) is 0 Å². The highest BCUT2D eigenvalue weighted by Gasteiger charge is 1.95. The van der Waals surface area contributed by atoms with Crippen molar-refractivity contribution in [3.63, 3.8) is 0 Å². The molecular weight excluding hydrogens is 180 g/mol. The average molecular weight is 191 g/mol. The van der Waals surface area contributed by atoms with Crippen molar-refractivity contribution in [2.24, 2.45) is 5.73 Å². The topological polar surface area (TPSA) is 87.5 Å². The number of pyridine rings is 1. The van der Waals surface area contributed by atoms with Crippen LogP contribution < -0.4 is 5.73 Å². The molecule has 68 valence electrons. The van der Waals surface area contributed by atoms with E-state index in [1.54, 1.807) is 18.5 Å². The molecule has 0 atom stereocenters. The van der Waals surface area contributed by atoms with Gasteiger partial charge in [0, 0.05) is 12.4 Å². The quantitative estimate of drug-likeness (QED) is 0.695. The van der Waals surface area contributed by atoms with Crippen LogP contribution in [0.1, 0.15) is 5.56 Å². The summed E-state index contributed by atoms with van der Waals surface area (Å²) in [6.07, 6.45) is 3.56. The van der Waals surface area contributed by atoms with Crippen molar-refractivity contribution in [3.05, 3.63) is 30.1 Å². The number of amides is 1. The number of hydrogen-bond acceptors (Lipinski definition) is 2. The monoisotopic (exact) mass is 190 g/mol. The van der Waals surface area contributed by atoms with Crippen LogP contribution in [-0.2, 0) is 11.2 Å². The Morgan fingerprint density at radius 1 is 1.58 bits per heavy atom. The Kier molecular flexibility index (Phi) is 7.37. The minimum absolute atomic E-state index is 0. The molecule has 12 heavy (non-hydrogen) atoms. The first-order chi connectivity index (χ1) is 4.79. The molecule has 1 aromatic rings. The van der Waals surface area contributed by atoms with E-state index in [4.69, 9.17) is 5.73 Å². The SMILES string of the molecule is Cl.NC(=O)Cc1cccnc1.O. The standard InChI is InChI=1S/C7H8N2O.ClH.H2O/c8-7(10)4-6-2-1-3-9-5-6;;/h1-3,5H,4H2,(H2,8,10);1H;1H2.